The zero-order valence-corrected chi connectivity index (χ0v) is 11.5. The second-order valence-corrected chi connectivity index (χ2v) is 4.42. The Bertz CT molecular complexity index is 484. The van der Waals surface area contributed by atoms with E-state index in [9.17, 15) is 14.9 Å². The lowest BCUT2D eigenvalue weighted by atomic mass is 10.1. The van der Waals surface area contributed by atoms with E-state index in [1.54, 1.807) is 13.0 Å². The maximum atomic E-state index is 12.1. The molecule has 0 saturated carbocycles. The number of carbonyl (C=O) groups is 1. The van der Waals surface area contributed by atoms with Gasteiger partial charge in [0.15, 0.2) is 0 Å². The number of amides is 1. The van der Waals surface area contributed by atoms with Gasteiger partial charge in [-0.3, -0.25) is 14.9 Å². The number of aliphatic hydroxyl groups is 1. The predicted octanol–water partition coefficient (Wildman–Crippen LogP) is 1.03. The van der Waals surface area contributed by atoms with Crippen LogP contribution in [0.2, 0.25) is 0 Å². The fourth-order valence-electron chi connectivity index (χ4n) is 1.81. The first-order valence-electron chi connectivity index (χ1n) is 6.15. The summed E-state index contributed by atoms with van der Waals surface area (Å²) in [5, 5.41) is 22.5. The maximum Gasteiger partial charge on any atom is 0.282 e. The van der Waals surface area contributed by atoms with Crippen molar-refractivity contribution in [2.75, 3.05) is 20.3 Å². The van der Waals surface area contributed by atoms with Crippen molar-refractivity contribution in [3.8, 4) is 0 Å². The van der Waals surface area contributed by atoms with Gasteiger partial charge in [0.2, 0.25) is 0 Å². The molecule has 110 valence electrons. The van der Waals surface area contributed by atoms with Crippen LogP contribution in [0.15, 0.2) is 18.2 Å². The van der Waals surface area contributed by atoms with Crippen LogP contribution in [0, 0.1) is 17.0 Å². The molecule has 0 fully saturated rings. The van der Waals surface area contributed by atoms with Gasteiger partial charge in [0.25, 0.3) is 11.6 Å². The van der Waals surface area contributed by atoms with E-state index in [4.69, 9.17) is 9.84 Å². The summed E-state index contributed by atoms with van der Waals surface area (Å²) < 4.78 is 4.93. The minimum Gasteiger partial charge on any atom is -0.396 e. The van der Waals surface area contributed by atoms with Crippen molar-refractivity contribution in [1.29, 1.82) is 0 Å². The van der Waals surface area contributed by atoms with E-state index in [-0.39, 0.29) is 24.5 Å². The maximum absolute atomic E-state index is 12.1. The Balaban J connectivity index is 2.95. The van der Waals surface area contributed by atoms with Gasteiger partial charge >= 0.3 is 0 Å². The third-order valence-electron chi connectivity index (χ3n) is 2.77. The number of nitro groups is 1. The van der Waals surface area contributed by atoms with Crippen LogP contribution in [0.25, 0.3) is 0 Å². The number of ether oxygens (including phenoxy) is 1. The lowest BCUT2D eigenvalue weighted by molar-refractivity contribution is -0.385. The lowest BCUT2D eigenvalue weighted by Crippen LogP contribution is -2.39. The number of hydrogen-bond acceptors (Lipinski definition) is 5. The van der Waals surface area contributed by atoms with Crippen LogP contribution in [-0.2, 0) is 4.74 Å². The fraction of sp³-hybridized carbons (Fsp3) is 0.462. The number of nitrogens with zero attached hydrogens (tertiary/aromatic N) is 1. The third kappa shape index (κ3) is 4.29. The smallest absolute Gasteiger partial charge is 0.282 e. The topological polar surface area (TPSA) is 102 Å². The van der Waals surface area contributed by atoms with Crippen molar-refractivity contribution < 1.29 is 19.6 Å². The molecule has 1 unspecified atom stereocenters. The van der Waals surface area contributed by atoms with Crippen molar-refractivity contribution in [3.05, 3.63) is 39.4 Å². The summed E-state index contributed by atoms with van der Waals surface area (Å²) in [5.74, 6) is -0.545. The van der Waals surface area contributed by atoms with E-state index in [0.717, 1.165) is 5.56 Å². The molecule has 0 aromatic heterocycles. The molecule has 2 N–H and O–H groups in total. The van der Waals surface area contributed by atoms with Gasteiger partial charge in [0.05, 0.1) is 17.6 Å². The van der Waals surface area contributed by atoms with Crippen LogP contribution in [0.4, 0.5) is 5.69 Å². The molecule has 1 rings (SSSR count). The number of hydrogen-bond donors (Lipinski definition) is 2. The number of rotatable bonds is 7. The van der Waals surface area contributed by atoms with Gasteiger partial charge < -0.3 is 15.2 Å². The van der Waals surface area contributed by atoms with Gasteiger partial charge in [-0.25, -0.2) is 0 Å². The van der Waals surface area contributed by atoms with Crippen LogP contribution in [0.3, 0.4) is 0 Å². The van der Waals surface area contributed by atoms with E-state index in [1.165, 1.54) is 19.2 Å². The minimum absolute atomic E-state index is 0.00837. The number of carbonyl (C=O) groups excluding carboxylic acids is 1. The molecule has 7 nitrogen and oxygen atoms in total. The van der Waals surface area contributed by atoms with Gasteiger partial charge in [0.1, 0.15) is 5.56 Å². The molecule has 7 heteroatoms. The van der Waals surface area contributed by atoms with Crippen LogP contribution >= 0.6 is 0 Å². The summed E-state index contributed by atoms with van der Waals surface area (Å²) in [5.41, 5.74) is 0.522. The second-order valence-electron chi connectivity index (χ2n) is 4.42. The molecule has 0 saturated heterocycles. The molecule has 0 bridgehead atoms. The summed E-state index contributed by atoms with van der Waals surface area (Å²) in [6, 6.07) is 3.96. The van der Waals surface area contributed by atoms with Gasteiger partial charge in [0, 0.05) is 19.8 Å². The lowest BCUT2D eigenvalue weighted by Gasteiger charge is -2.17. The van der Waals surface area contributed by atoms with Crippen molar-refractivity contribution in [2.45, 2.75) is 19.4 Å². The molecular weight excluding hydrogens is 264 g/mol. The molecule has 0 heterocycles. The molecule has 1 aromatic carbocycles. The first-order chi connectivity index (χ1) is 9.49. The largest absolute Gasteiger partial charge is 0.396 e. The molecule has 0 aliphatic rings. The number of methoxy groups -OCH3 is 1. The molecule has 0 aliphatic heterocycles. The van der Waals surface area contributed by atoms with Crippen LogP contribution in [-0.4, -0.2) is 42.3 Å². The standard InChI is InChI=1S/C13H18N2O5/c1-9-3-4-12(15(18)19)11(7-9)13(17)14-10(5-6-16)8-20-2/h3-4,7,10,16H,5-6,8H2,1-2H3,(H,14,17). The molecule has 20 heavy (non-hydrogen) atoms. The first kappa shape index (κ1) is 16.1. The van der Waals surface area contributed by atoms with Crippen molar-refractivity contribution in [1.82, 2.24) is 5.32 Å². The van der Waals surface area contributed by atoms with Gasteiger partial charge in [-0.1, -0.05) is 6.07 Å². The zero-order valence-electron chi connectivity index (χ0n) is 11.5. The van der Waals surface area contributed by atoms with Crippen molar-refractivity contribution in [2.24, 2.45) is 0 Å². The van der Waals surface area contributed by atoms with Crippen molar-refractivity contribution in [3.63, 3.8) is 0 Å². The number of nitrogens with one attached hydrogen (secondary N) is 1. The monoisotopic (exact) mass is 282 g/mol. The van der Waals surface area contributed by atoms with Crippen LogP contribution in [0.1, 0.15) is 22.3 Å². The van der Waals surface area contributed by atoms with E-state index >= 15 is 0 Å². The summed E-state index contributed by atoms with van der Waals surface area (Å²) >= 11 is 0. The molecule has 1 amide bonds. The SMILES string of the molecule is COCC(CCO)NC(=O)c1cc(C)ccc1[N+](=O)[O-]. The Labute approximate surface area is 116 Å². The van der Waals surface area contributed by atoms with Gasteiger partial charge in [-0.2, -0.15) is 0 Å². The highest BCUT2D eigenvalue weighted by atomic mass is 16.6. The molecule has 0 aliphatic carbocycles. The fourth-order valence-corrected chi connectivity index (χ4v) is 1.81. The highest BCUT2D eigenvalue weighted by Crippen LogP contribution is 2.19. The summed E-state index contributed by atoms with van der Waals surface area (Å²) in [7, 11) is 1.48. The number of nitro benzene ring substituents is 1. The Morgan fingerprint density at radius 1 is 1.55 bits per heavy atom. The number of aryl methyl sites for hydroxylation is 1. The minimum atomic E-state index is -0.592. The number of aliphatic hydroxyl groups excluding tert-OH is 1. The average molecular weight is 282 g/mol. The average Bonchev–Trinajstić information content (AvgIpc) is 2.38. The third-order valence-corrected chi connectivity index (χ3v) is 2.77. The zero-order chi connectivity index (χ0) is 15.1. The summed E-state index contributed by atoms with van der Waals surface area (Å²) in [6.07, 6.45) is 0.319. The Morgan fingerprint density at radius 2 is 2.25 bits per heavy atom. The summed E-state index contributed by atoms with van der Waals surface area (Å²) in [4.78, 5) is 22.5. The molecule has 1 aromatic rings. The van der Waals surface area contributed by atoms with E-state index in [2.05, 4.69) is 5.32 Å². The highest BCUT2D eigenvalue weighted by Gasteiger charge is 2.22. The predicted molar refractivity (Wildman–Crippen MR) is 72.7 cm³/mol. The van der Waals surface area contributed by atoms with E-state index in [0.29, 0.717) is 6.42 Å². The van der Waals surface area contributed by atoms with E-state index in [1.807, 2.05) is 0 Å². The molecule has 0 spiro atoms. The van der Waals surface area contributed by atoms with Crippen molar-refractivity contribution >= 4 is 11.6 Å². The second kappa shape index (κ2) is 7.56. The van der Waals surface area contributed by atoms with Crippen LogP contribution in [0.5, 0.6) is 0 Å². The molecule has 0 radical (unpaired) electrons. The van der Waals surface area contributed by atoms with Gasteiger partial charge in [-0.05, 0) is 25.0 Å². The van der Waals surface area contributed by atoms with Gasteiger partial charge in [-0.15, -0.1) is 0 Å². The first-order valence-corrected chi connectivity index (χ1v) is 6.15. The Hall–Kier alpha value is -1.99. The number of benzene rings is 1. The molecule has 1 atom stereocenters. The highest BCUT2D eigenvalue weighted by molar-refractivity contribution is 5.98. The Kier molecular flexibility index (Phi) is 6.08. The summed E-state index contributed by atoms with van der Waals surface area (Å²) in [6.45, 7) is 1.87. The van der Waals surface area contributed by atoms with E-state index < -0.39 is 16.9 Å². The quantitative estimate of drug-likeness (QED) is 0.574. The Morgan fingerprint density at radius 3 is 2.80 bits per heavy atom. The normalized spacial score (nSPS) is 11.9. The molecular formula is C13H18N2O5. The van der Waals surface area contributed by atoms with Crippen LogP contribution < -0.4 is 5.32 Å².